The van der Waals surface area contributed by atoms with Gasteiger partial charge in [-0.3, -0.25) is 0 Å². The summed E-state index contributed by atoms with van der Waals surface area (Å²) in [4.78, 5) is 4.77. The lowest BCUT2D eigenvalue weighted by Crippen LogP contribution is -2.39. The molecular formula is C20H21NOS. The molecular weight excluding hydrogens is 302 g/mol. The van der Waals surface area contributed by atoms with E-state index in [9.17, 15) is 5.11 Å². The van der Waals surface area contributed by atoms with Gasteiger partial charge in [0.2, 0.25) is 0 Å². The lowest BCUT2D eigenvalue weighted by atomic mass is 9.70. The summed E-state index contributed by atoms with van der Waals surface area (Å²) < 4.78 is 1.24. The highest BCUT2D eigenvalue weighted by Crippen LogP contribution is 2.43. The van der Waals surface area contributed by atoms with Crippen molar-refractivity contribution in [2.75, 3.05) is 0 Å². The Morgan fingerprint density at radius 1 is 1.04 bits per heavy atom. The fourth-order valence-electron chi connectivity index (χ4n) is 3.82. The molecule has 118 valence electrons. The molecule has 1 saturated carbocycles. The maximum Gasteiger partial charge on any atom is 0.0942 e. The van der Waals surface area contributed by atoms with Gasteiger partial charge in [-0.15, -0.1) is 11.3 Å². The average Bonchev–Trinajstić information content (AvgIpc) is 3.00. The number of benzene rings is 2. The Kier molecular flexibility index (Phi) is 3.92. The highest BCUT2D eigenvalue weighted by atomic mass is 32.1. The van der Waals surface area contributed by atoms with Crippen LogP contribution in [0.4, 0.5) is 0 Å². The van der Waals surface area contributed by atoms with Crippen molar-refractivity contribution in [3.63, 3.8) is 0 Å². The van der Waals surface area contributed by atoms with Crippen LogP contribution >= 0.6 is 11.3 Å². The minimum absolute atomic E-state index is 0.249. The van der Waals surface area contributed by atoms with Crippen molar-refractivity contribution >= 4 is 21.6 Å². The highest BCUT2D eigenvalue weighted by Gasteiger charge is 2.40. The Labute approximate surface area is 140 Å². The Hall–Kier alpha value is -1.71. The number of para-hydroxylation sites is 1. The standard InChI is InChI=1S/C20H21NOS/c22-20(15-8-2-1-3-9-15)13-7-6-10-16(20)14-19-21-17-11-4-5-12-18(17)23-19/h1-5,8-9,11-12,16,22H,6-7,10,13-14H2/t16-,20+/m1/s1. The van der Waals surface area contributed by atoms with Gasteiger partial charge in [0.1, 0.15) is 0 Å². The van der Waals surface area contributed by atoms with Crippen molar-refractivity contribution < 1.29 is 5.11 Å². The van der Waals surface area contributed by atoms with Gasteiger partial charge in [0.25, 0.3) is 0 Å². The average molecular weight is 323 g/mol. The fourth-order valence-corrected chi connectivity index (χ4v) is 4.87. The van der Waals surface area contributed by atoms with Gasteiger partial charge >= 0.3 is 0 Å². The van der Waals surface area contributed by atoms with Crippen molar-refractivity contribution in [1.82, 2.24) is 4.98 Å². The fraction of sp³-hybridized carbons (Fsp3) is 0.350. The predicted molar refractivity (Wildman–Crippen MR) is 95.6 cm³/mol. The zero-order chi connectivity index (χ0) is 15.7. The molecule has 23 heavy (non-hydrogen) atoms. The quantitative estimate of drug-likeness (QED) is 0.742. The van der Waals surface area contributed by atoms with Gasteiger partial charge in [0.15, 0.2) is 0 Å². The van der Waals surface area contributed by atoms with Crippen molar-refractivity contribution in [3.05, 3.63) is 65.2 Å². The van der Waals surface area contributed by atoms with Crippen molar-refractivity contribution in [3.8, 4) is 0 Å². The summed E-state index contributed by atoms with van der Waals surface area (Å²) in [7, 11) is 0. The summed E-state index contributed by atoms with van der Waals surface area (Å²) >= 11 is 1.76. The molecule has 1 aliphatic carbocycles. The van der Waals surface area contributed by atoms with Crippen LogP contribution in [0.15, 0.2) is 54.6 Å². The van der Waals surface area contributed by atoms with E-state index in [0.717, 1.165) is 41.8 Å². The smallest absolute Gasteiger partial charge is 0.0942 e. The first kappa shape index (κ1) is 14.9. The molecule has 0 bridgehead atoms. The highest BCUT2D eigenvalue weighted by molar-refractivity contribution is 7.18. The topological polar surface area (TPSA) is 33.1 Å². The number of aromatic nitrogens is 1. The van der Waals surface area contributed by atoms with Crippen LogP contribution in [0.1, 0.15) is 36.3 Å². The number of hydrogen-bond donors (Lipinski definition) is 1. The van der Waals surface area contributed by atoms with Crippen molar-refractivity contribution in [2.45, 2.75) is 37.7 Å². The van der Waals surface area contributed by atoms with Crippen LogP contribution in [-0.4, -0.2) is 10.1 Å². The normalized spacial score (nSPS) is 24.8. The molecule has 1 heterocycles. The van der Waals surface area contributed by atoms with Crippen LogP contribution in [0.2, 0.25) is 0 Å². The van der Waals surface area contributed by atoms with Gasteiger partial charge in [-0.25, -0.2) is 4.98 Å². The summed E-state index contributed by atoms with van der Waals surface area (Å²) in [6, 6.07) is 18.5. The Balaban J connectivity index is 1.65. The number of fused-ring (bicyclic) bond motifs is 1. The minimum Gasteiger partial charge on any atom is -0.385 e. The molecule has 0 amide bonds. The zero-order valence-corrected chi connectivity index (χ0v) is 13.9. The molecule has 0 saturated heterocycles. The van der Waals surface area contributed by atoms with E-state index < -0.39 is 5.60 Å². The molecule has 2 nitrogen and oxygen atoms in total. The second-order valence-corrected chi connectivity index (χ2v) is 7.63. The lowest BCUT2D eigenvalue weighted by Gasteiger charge is -2.40. The van der Waals surface area contributed by atoms with Crippen molar-refractivity contribution in [2.24, 2.45) is 5.92 Å². The molecule has 1 aromatic heterocycles. The molecule has 1 aliphatic rings. The predicted octanol–water partition coefficient (Wildman–Crippen LogP) is 4.92. The summed E-state index contributed by atoms with van der Waals surface area (Å²) in [6.07, 6.45) is 5.09. The Morgan fingerprint density at radius 3 is 2.65 bits per heavy atom. The van der Waals surface area contributed by atoms with Gasteiger partial charge in [-0.2, -0.15) is 0 Å². The van der Waals surface area contributed by atoms with Crippen LogP contribution in [-0.2, 0) is 12.0 Å². The molecule has 1 N–H and O–H groups in total. The second-order valence-electron chi connectivity index (χ2n) is 6.51. The first-order valence-electron chi connectivity index (χ1n) is 8.38. The Bertz CT molecular complexity index is 765. The van der Waals surface area contributed by atoms with E-state index in [1.165, 1.54) is 11.1 Å². The largest absolute Gasteiger partial charge is 0.385 e. The molecule has 0 spiro atoms. The molecule has 0 unspecified atom stereocenters. The summed E-state index contributed by atoms with van der Waals surface area (Å²) in [6.45, 7) is 0. The molecule has 2 atom stereocenters. The molecule has 3 aromatic rings. The maximum absolute atomic E-state index is 11.4. The van der Waals surface area contributed by atoms with E-state index in [4.69, 9.17) is 4.98 Å². The number of thiazole rings is 1. The minimum atomic E-state index is -0.711. The van der Waals surface area contributed by atoms with Gasteiger partial charge in [0.05, 0.1) is 20.8 Å². The first-order chi connectivity index (χ1) is 11.3. The van der Waals surface area contributed by atoms with Gasteiger partial charge in [-0.05, 0) is 36.5 Å². The van der Waals surface area contributed by atoms with Crippen LogP contribution in [0.5, 0.6) is 0 Å². The van der Waals surface area contributed by atoms with E-state index in [1.54, 1.807) is 11.3 Å². The number of aliphatic hydroxyl groups is 1. The van der Waals surface area contributed by atoms with Gasteiger partial charge in [-0.1, -0.05) is 55.3 Å². The van der Waals surface area contributed by atoms with E-state index in [-0.39, 0.29) is 5.92 Å². The van der Waals surface area contributed by atoms with Crippen molar-refractivity contribution in [1.29, 1.82) is 0 Å². The van der Waals surface area contributed by atoms with E-state index in [2.05, 4.69) is 30.3 Å². The zero-order valence-electron chi connectivity index (χ0n) is 13.1. The van der Waals surface area contributed by atoms with Crippen LogP contribution < -0.4 is 0 Å². The molecule has 2 aromatic carbocycles. The van der Waals surface area contributed by atoms with Crippen LogP contribution in [0.25, 0.3) is 10.2 Å². The summed E-state index contributed by atoms with van der Waals surface area (Å²) in [5.41, 5.74) is 1.43. The maximum atomic E-state index is 11.4. The second kappa shape index (κ2) is 6.06. The van der Waals surface area contributed by atoms with Gasteiger partial charge < -0.3 is 5.11 Å². The SMILES string of the molecule is O[C@]1(c2ccccc2)CCCC[C@@H]1Cc1nc2ccccc2s1. The third kappa shape index (κ3) is 2.79. The Morgan fingerprint density at radius 2 is 1.83 bits per heavy atom. The monoisotopic (exact) mass is 323 g/mol. The molecule has 0 aliphatic heterocycles. The lowest BCUT2D eigenvalue weighted by molar-refractivity contribution is -0.0542. The molecule has 1 fully saturated rings. The number of hydrogen-bond acceptors (Lipinski definition) is 3. The third-order valence-electron chi connectivity index (χ3n) is 5.07. The summed E-state index contributed by atoms with van der Waals surface area (Å²) in [5, 5.41) is 12.6. The van der Waals surface area contributed by atoms with Crippen LogP contribution in [0, 0.1) is 5.92 Å². The third-order valence-corrected chi connectivity index (χ3v) is 6.13. The number of rotatable bonds is 3. The molecule has 4 rings (SSSR count). The van der Waals surface area contributed by atoms with E-state index in [0.29, 0.717) is 0 Å². The first-order valence-corrected chi connectivity index (χ1v) is 9.20. The van der Waals surface area contributed by atoms with Gasteiger partial charge in [0, 0.05) is 6.42 Å². The number of nitrogens with zero attached hydrogens (tertiary/aromatic N) is 1. The molecule has 3 heteroatoms. The van der Waals surface area contributed by atoms with Crippen LogP contribution in [0.3, 0.4) is 0 Å². The van der Waals surface area contributed by atoms with E-state index in [1.807, 2.05) is 24.3 Å². The molecule has 0 radical (unpaired) electrons. The summed E-state index contributed by atoms with van der Waals surface area (Å²) in [5.74, 6) is 0.249. The van der Waals surface area contributed by atoms with E-state index >= 15 is 0 Å².